The van der Waals surface area contributed by atoms with Crippen LogP contribution in [0.3, 0.4) is 0 Å². The Morgan fingerprint density at radius 2 is 1.94 bits per heavy atom. The Kier molecular flexibility index (Phi) is 2.99. The van der Waals surface area contributed by atoms with E-state index in [-0.39, 0.29) is 0 Å². The van der Waals surface area contributed by atoms with Gasteiger partial charge in [0.05, 0.1) is 22.5 Å². The number of aryl methyl sites for hydroxylation is 1. The first-order valence-electron chi connectivity index (χ1n) is 5.08. The number of hydrogen-bond acceptors (Lipinski definition) is 2. The van der Waals surface area contributed by atoms with Gasteiger partial charge in [-0.2, -0.15) is 5.10 Å². The number of rotatable bonds is 2. The van der Waals surface area contributed by atoms with E-state index in [9.17, 15) is 5.11 Å². The van der Waals surface area contributed by atoms with Crippen molar-refractivity contribution in [3.8, 4) is 5.69 Å². The SMILES string of the molecule is Cc1nn(-c2ccc(C(C)O)cc2)cc1Cl. The highest BCUT2D eigenvalue weighted by Crippen LogP contribution is 2.18. The lowest BCUT2D eigenvalue weighted by Gasteiger charge is -2.06. The van der Waals surface area contributed by atoms with Crippen LogP contribution in [0.25, 0.3) is 5.69 Å². The lowest BCUT2D eigenvalue weighted by atomic mass is 10.1. The van der Waals surface area contributed by atoms with Crippen molar-refractivity contribution in [2.24, 2.45) is 0 Å². The van der Waals surface area contributed by atoms with Crippen molar-refractivity contribution in [2.75, 3.05) is 0 Å². The molecule has 1 aromatic heterocycles. The Morgan fingerprint density at radius 1 is 1.31 bits per heavy atom. The van der Waals surface area contributed by atoms with Gasteiger partial charge in [0.2, 0.25) is 0 Å². The first-order valence-corrected chi connectivity index (χ1v) is 5.46. The Morgan fingerprint density at radius 3 is 2.38 bits per heavy atom. The summed E-state index contributed by atoms with van der Waals surface area (Å²) in [4.78, 5) is 0. The van der Waals surface area contributed by atoms with E-state index in [2.05, 4.69) is 5.10 Å². The fourth-order valence-electron chi connectivity index (χ4n) is 1.48. The van der Waals surface area contributed by atoms with E-state index in [0.717, 1.165) is 16.9 Å². The zero-order chi connectivity index (χ0) is 11.7. The number of hydrogen-bond donors (Lipinski definition) is 1. The molecule has 0 spiro atoms. The Bertz CT molecular complexity index is 469. The predicted octanol–water partition coefficient (Wildman–Crippen LogP) is 2.89. The number of halogens is 1. The largest absolute Gasteiger partial charge is 0.389 e. The average molecular weight is 237 g/mol. The molecular formula is C12H13ClN2O. The van der Waals surface area contributed by atoms with Gasteiger partial charge in [-0.1, -0.05) is 23.7 Å². The Hall–Kier alpha value is -1.32. The molecule has 1 N–H and O–H groups in total. The Balaban J connectivity index is 2.34. The van der Waals surface area contributed by atoms with Gasteiger partial charge in [-0.05, 0) is 31.5 Å². The summed E-state index contributed by atoms with van der Waals surface area (Å²) < 4.78 is 1.73. The summed E-state index contributed by atoms with van der Waals surface area (Å²) in [6.45, 7) is 3.60. The molecule has 2 aromatic rings. The van der Waals surface area contributed by atoms with Gasteiger partial charge in [0.1, 0.15) is 0 Å². The highest BCUT2D eigenvalue weighted by molar-refractivity contribution is 6.31. The smallest absolute Gasteiger partial charge is 0.0819 e. The minimum Gasteiger partial charge on any atom is -0.389 e. The summed E-state index contributed by atoms with van der Waals surface area (Å²) in [5.74, 6) is 0. The second kappa shape index (κ2) is 4.28. The minimum atomic E-state index is -0.447. The van der Waals surface area contributed by atoms with Crippen LogP contribution in [0.4, 0.5) is 0 Å². The number of aliphatic hydroxyl groups is 1. The molecule has 1 atom stereocenters. The highest BCUT2D eigenvalue weighted by atomic mass is 35.5. The molecule has 16 heavy (non-hydrogen) atoms. The first kappa shape index (κ1) is 11.2. The Labute approximate surface area is 99.3 Å². The van der Waals surface area contributed by atoms with Gasteiger partial charge in [0.15, 0.2) is 0 Å². The van der Waals surface area contributed by atoms with Gasteiger partial charge in [-0.25, -0.2) is 4.68 Å². The molecule has 0 saturated carbocycles. The molecule has 1 heterocycles. The number of nitrogens with zero attached hydrogens (tertiary/aromatic N) is 2. The fraction of sp³-hybridized carbons (Fsp3) is 0.250. The quantitative estimate of drug-likeness (QED) is 0.871. The van der Waals surface area contributed by atoms with Crippen molar-refractivity contribution in [3.05, 3.63) is 46.7 Å². The molecule has 3 nitrogen and oxygen atoms in total. The summed E-state index contributed by atoms with van der Waals surface area (Å²) in [5.41, 5.74) is 2.62. The van der Waals surface area contributed by atoms with Crippen molar-refractivity contribution in [3.63, 3.8) is 0 Å². The first-order chi connectivity index (χ1) is 7.58. The van der Waals surface area contributed by atoms with Crippen LogP contribution in [0.1, 0.15) is 24.3 Å². The van der Waals surface area contributed by atoms with E-state index in [1.165, 1.54) is 0 Å². The molecule has 1 aromatic carbocycles. The number of benzene rings is 1. The van der Waals surface area contributed by atoms with Crippen molar-refractivity contribution < 1.29 is 5.11 Å². The molecule has 0 aliphatic rings. The van der Waals surface area contributed by atoms with Crippen molar-refractivity contribution >= 4 is 11.6 Å². The summed E-state index contributed by atoms with van der Waals surface area (Å²) in [6.07, 6.45) is 1.32. The lowest BCUT2D eigenvalue weighted by molar-refractivity contribution is 0.199. The van der Waals surface area contributed by atoms with E-state index >= 15 is 0 Å². The van der Waals surface area contributed by atoms with E-state index in [1.54, 1.807) is 17.8 Å². The molecule has 0 radical (unpaired) electrons. The van der Waals surface area contributed by atoms with Crippen molar-refractivity contribution in [1.29, 1.82) is 0 Å². The second-order valence-corrected chi connectivity index (χ2v) is 4.18. The highest BCUT2D eigenvalue weighted by Gasteiger charge is 2.05. The van der Waals surface area contributed by atoms with Crippen LogP contribution in [0.2, 0.25) is 5.02 Å². The van der Waals surface area contributed by atoms with Crippen LogP contribution < -0.4 is 0 Å². The molecular weight excluding hydrogens is 224 g/mol. The third-order valence-electron chi connectivity index (χ3n) is 2.48. The van der Waals surface area contributed by atoms with Gasteiger partial charge in [0, 0.05) is 6.20 Å². The standard InChI is InChI=1S/C12H13ClN2O/c1-8-12(13)7-15(14-8)11-5-3-10(4-6-11)9(2)16/h3-7,9,16H,1-2H3. The monoisotopic (exact) mass is 236 g/mol. The van der Waals surface area contributed by atoms with Crippen LogP contribution in [-0.4, -0.2) is 14.9 Å². The van der Waals surface area contributed by atoms with Gasteiger partial charge in [-0.3, -0.25) is 0 Å². The van der Waals surface area contributed by atoms with Crippen LogP contribution >= 0.6 is 11.6 Å². The molecule has 0 amide bonds. The normalized spacial score (nSPS) is 12.8. The predicted molar refractivity (Wildman–Crippen MR) is 63.9 cm³/mol. The third kappa shape index (κ3) is 2.10. The maximum atomic E-state index is 9.39. The number of aromatic nitrogens is 2. The topological polar surface area (TPSA) is 38.0 Å². The molecule has 0 aliphatic carbocycles. The van der Waals surface area contributed by atoms with Gasteiger partial charge in [-0.15, -0.1) is 0 Å². The second-order valence-electron chi connectivity index (χ2n) is 3.77. The molecule has 0 aliphatic heterocycles. The van der Waals surface area contributed by atoms with Crippen molar-refractivity contribution in [2.45, 2.75) is 20.0 Å². The van der Waals surface area contributed by atoms with Crippen LogP contribution in [0.15, 0.2) is 30.5 Å². The third-order valence-corrected chi connectivity index (χ3v) is 2.85. The van der Waals surface area contributed by atoms with E-state index in [4.69, 9.17) is 11.6 Å². The molecule has 1 unspecified atom stereocenters. The van der Waals surface area contributed by atoms with E-state index in [0.29, 0.717) is 5.02 Å². The fourth-order valence-corrected chi connectivity index (χ4v) is 1.61. The van der Waals surface area contributed by atoms with Crippen molar-refractivity contribution in [1.82, 2.24) is 9.78 Å². The minimum absolute atomic E-state index is 0.447. The summed E-state index contributed by atoms with van der Waals surface area (Å²) in [6, 6.07) is 7.57. The molecule has 4 heteroatoms. The lowest BCUT2D eigenvalue weighted by Crippen LogP contribution is -1.96. The molecule has 0 saturated heterocycles. The maximum absolute atomic E-state index is 9.39. The van der Waals surface area contributed by atoms with Crippen LogP contribution in [0.5, 0.6) is 0 Å². The van der Waals surface area contributed by atoms with Gasteiger partial charge >= 0.3 is 0 Å². The average Bonchev–Trinajstić information content (AvgIpc) is 2.59. The summed E-state index contributed by atoms with van der Waals surface area (Å²) in [5, 5.41) is 14.3. The molecule has 0 bridgehead atoms. The van der Waals surface area contributed by atoms with E-state index in [1.807, 2.05) is 31.2 Å². The van der Waals surface area contributed by atoms with E-state index < -0.39 is 6.10 Å². The van der Waals surface area contributed by atoms with Gasteiger partial charge < -0.3 is 5.11 Å². The van der Waals surface area contributed by atoms with Crippen LogP contribution in [-0.2, 0) is 0 Å². The zero-order valence-corrected chi connectivity index (χ0v) is 9.94. The molecule has 84 valence electrons. The molecule has 0 fully saturated rings. The maximum Gasteiger partial charge on any atom is 0.0819 e. The van der Waals surface area contributed by atoms with Crippen LogP contribution in [0, 0.1) is 6.92 Å². The number of aliphatic hydroxyl groups excluding tert-OH is 1. The molecule has 2 rings (SSSR count). The summed E-state index contributed by atoms with van der Waals surface area (Å²) >= 11 is 5.94. The summed E-state index contributed by atoms with van der Waals surface area (Å²) in [7, 11) is 0. The zero-order valence-electron chi connectivity index (χ0n) is 9.18. The van der Waals surface area contributed by atoms with Gasteiger partial charge in [0.25, 0.3) is 0 Å².